The summed E-state index contributed by atoms with van der Waals surface area (Å²) in [5.41, 5.74) is 2.04. The van der Waals surface area contributed by atoms with Crippen molar-refractivity contribution < 1.29 is 9.59 Å². The highest BCUT2D eigenvalue weighted by atomic mass is 16.1. The van der Waals surface area contributed by atoms with Crippen molar-refractivity contribution in [1.82, 2.24) is 0 Å². The molecule has 0 radical (unpaired) electrons. The first-order valence-corrected chi connectivity index (χ1v) is 4.28. The van der Waals surface area contributed by atoms with E-state index in [2.05, 4.69) is 0 Å². The van der Waals surface area contributed by atoms with Crippen LogP contribution in [0.15, 0.2) is 18.2 Å². The Bertz CT molecular complexity index is 340. The van der Waals surface area contributed by atoms with Crippen molar-refractivity contribution in [3.05, 3.63) is 34.9 Å². The molecule has 2 nitrogen and oxygen atoms in total. The summed E-state index contributed by atoms with van der Waals surface area (Å²) in [6.45, 7) is 3.61. The number of benzene rings is 1. The monoisotopic (exact) mass is 176 g/mol. The smallest absolute Gasteiger partial charge is 0.162 e. The van der Waals surface area contributed by atoms with Gasteiger partial charge in [-0.2, -0.15) is 0 Å². The van der Waals surface area contributed by atoms with Crippen molar-refractivity contribution >= 4 is 12.1 Å². The molecule has 0 aliphatic heterocycles. The van der Waals surface area contributed by atoms with E-state index in [0.717, 1.165) is 11.8 Å². The van der Waals surface area contributed by atoms with Crippen molar-refractivity contribution in [3.63, 3.8) is 0 Å². The second-order valence-corrected chi connectivity index (χ2v) is 2.91. The first kappa shape index (κ1) is 9.65. The predicted octanol–water partition coefficient (Wildman–Crippen LogP) is 2.40. The van der Waals surface area contributed by atoms with E-state index >= 15 is 0 Å². The van der Waals surface area contributed by atoms with Gasteiger partial charge in [-0.1, -0.05) is 25.1 Å². The Labute approximate surface area is 77.6 Å². The van der Waals surface area contributed by atoms with E-state index in [1.807, 2.05) is 6.92 Å². The minimum absolute atomic E-state index is 0.0844. The van der Waals surface area contributed by atoms with E-state index < -0.39 is 0 Å². The van der Waals surface area contributed by atoms with Crippen LogP contribution in [0.25, 0.3) is 0 Å². The lowest BCUT2D eigenvalue weighted by Crippen LogP contribution is -2.01. The molecule has 0 saturated carbocycles. The van der Waals surface area contributed by atoms with E-state index in [4.69, 9.17) is 0 Å². The fraction of sp³-hybridized carbons (Fsp3) is 0.273. The van der Waals surface area contributed by atoms with Gasteiger partial charge in [0.2, 0.25) is 0 Å². The molecule has 0 unspecified atom stereocenters. The maximum atomic E-state index is 11.4. The van der Waals surface area contributed by atoms with Gasteiger partial charge in [-0.3, -0.25) is 9.59 Å². The third kappa shape index (κ3) is 1.83. The number of Topliss-reactive ketones (excluding diaryl/α,β-unsaturated/α-hetero) is 1. The van der Waals surface area contributed by atoms with Crippen LogP contribution in [0.5, 0.6) is 0 Å². The topological polar surface area (TPSA) is 34.1 Å². The maximum absolute atomic E-state index is 11.4. The molecule has 0 N–H and O–H groups in total. The predicted molar refractivity (Wildman–Crippen MR) is 51.2 cm³/mol. The van der Waals surface area contributed by atoms with Crippen LogP contribution < -0.4 is 0 Å². The molecule has 0 heterocycles. The van der Waals surface area contributed by atoms with Crippen LogP contribution >= 0.6 is 0 Å². The molecule has 0 saturated heterocycles. The molecule has 0 amide bonds. The fourth-order valence-electron chi connectivity index (χ4n) is 1.27. The Kier molecular flexibility index (Phi) is 2.96. The van der Waals surface area contributed by atoms with Crippen LogP contribution in [0, 0.1) is 6.92 Å². The molecule has 0 aliphatic rings. The van der Waals surface area contributed by atoms with Gasteiger partial charge in [0, 0.05) is 17.5 Å². The highest BCUT2D eigenvalue weighted by Crippen LogP contribution is 2.13. The molecule has 0 bridgehead atoms. The molecule has 0 aromatic heterocycles. The van der Waals surface area contributed by atoms with Crippen molar-refractivity contribution in [3.8, 4) is 0 Å². The Morgan fingerprint density at radius 1 is 1.46 bits per heavy atom. The summed E-state index contributed by atoms with van der Waals surface area (Å²) in [6.07, 6.45) is 1.25. The Balaban J connectivity index is 3.23. The summed E-state index contributed by atoms with van der Waals surface area (Å²) in [5, 5.41) is 0. The van der Waals surface area contributed by atoms with Crippen LogP contribution in [0.2, 0.25) is 0 Å². The zero-order valence-corrected chi connectivity index (χ0v) is 7.83. The van der Waals surface area contributed by atoms with Gasteiger partial charge < -0.3 is 0 Å². The van der Waals surface area contributed by atoms with Crippen LogP contribution in [-0.4, -0.2) is 12.1 Å². The summed E-state index contributed by atoms with van der Waals surface area (Å²) < 4.78 is 0. The summed E-state index contributed by atoms with van der Waals surface area (Å²) >= 11 is 0. The third-order valence-corrected chi connectivity index (χ3v) is 2.12. The molecule has 0 fully saturated rings. The van der Waals surface area contributed by atoms with Gasteiger partial charge in [-0.15, -0.1) is 0 Å². The zero-order chi connectivity index (χ0) is 9.84. The van der Waals surface area contributed by atoms with E-state index in [-0.39, 0.29) is 5.78 Å². The summed E-state index contributed by atoms with van der Waals surface area (Å²) in [6, 6.07) is 5.21. The highest BCUT2D eigenvalue weighted by Gasteiger charge is 2.08. The Morgan fingerprint density at radius 2 is 2.15 bits per heavy atom. The summed E-state index contributed by atoms with van der Waals surface area (Å²) in [5.74, 6) is 0.0844. The largest absolute Gasteiger partial charge is 0.298 e. The van der Waals surface area contributed by atoms with Crippen LogP contribution in [0.1, 0.15) is 39.6 Å². The molecule has 13 heavy (non-hydrogen) atoms. The lowest BCUT2D eigenvalue weighted by atomic mass is 9.99. The first-order chi connectivity index (χ1) is 6.20. The van der Waals surface area contributed by atoms with Crippen LogP contribution in [-0.2, 0) is 0 Å². The first-order valence-electron chi connectivity index (χ1n) is 4.28. The van der Waals surface area contributed by atoms with Crippen LogP contribution in [0.3, 0.4) is 0 Å². The molecule has 0 spiro atoms. The number of carbonyl (C=O) groups excluding carboxylic acids is 2. The molecular formula is C11H12O2. The lowest BCUT2D eigenvalue weighted by Gasteiger charge is -2.04. The normalized spacial score (nSPS) is 9.69. The Hall–Kier alpha value is -1.44. The zero-order valence-electron chi connectivity index (χ0n) is 7.83. The fourth-order valence-corrected chi connectivity index (χ4v) is 1.27. The van der Waals surface area contributed by atoms with Gasteiger partial charge in [0.05, 0.1) is 0 Å². The van der Waals surface area contributed by atoms with E-state index in [1.54, 1.807) is 25.1 Å². The van der Waals surface area contributed by atoms with Gasteiger partial charge in [-0.25, -0.2) is 0 Å². The number of hydrogen-bond acceptors (Lipinski definition) is 2. The van der Waals surface area contributed by atoms with Crippen molar-refractivity contribution in [1.29, 1.82) is 0 Å². The van der Waals surface area contributed by atoms with Crippen molar-refractivity contribution in [2.24, 2.45) is 0 Å². The van der Waals surface area contributed by atoms with Gasteiger partial charge in [0.15, 0.2) is 5.78 Å². The minimum Gasteiger partial charge on any atom is -0.298 e. The molecular weight excluding hydrogens is 164 g/mol. The molecule has 0 aliphatic carbocycles. The van der Waals surface area contributed by atoms with Gasteiger partial charge >= 0.3 is 0 Å². The van der Waals surface area contributed by atoms with Gasteiger partial charge in [0.25, 0.3) is 0 Å². The third-order valence-electron chi connectivity index (χ3n) is 2.12. The molecule has 1 rings (SSSR count). The molecule has 0 atom stereocenters. The van der Waals surface area contributed by atoms with Crippen molar-refractivity contribution in [2.45, 2.75) is 20.3 Å². The molecule has 2 heteroatoms. The quantitative estimate of drug-likeness (QED) is 0.523. The number of rotatable bonds is 3. The number of hydrogen-bond donors (Lipinski definition) is 0. The van der Waals surface area contributed by atoms with Gasteiger partial charge in [-0.05, 0) is 12.5 Å². The molecule has 1 aromatic rings. The minimum atomic E-state index is 0.0844. The number of ketones is 1. The maximum Gasteiger partial charge on any atom is 0.162 e. The standard InChI is InChI=1S/C11H12O2/c1-3-11(13)10-6-4-5-9(7-12)8(10)2/h4-7H,3H2,1-2H3. The molecule has 68 valence electrons. The molecule has 1 aromatic carbocycles. The van der Waals surface area contributed by atoms with E-state index in [1.165, 1.54) is 0 Å². The lowest BCUT2D eigenvalue weighted by molar-refractivity contribution is 0.0987. The highest BCUT2D eigenvalue weighted by molar-refractivity contribution is 5.99. The average Bonchev–Trinajstić information content (AvgIpc) is 2.17. The number of carbonyl (C=O) groups is 2. The number of aldehydes is 1. The summed E-state index contributed by atoms with van der Waals surface area (Å²) in [4.78, 5) is 22.0. The second-order valence-electron chi connectivity index (χ2n) is 2.91. The van der Waals surface area contributed by atoms with E-state index in [0.29, 0.717) is 17.5 Å². The average molecular weight is 176 g/mol. The Morgan fingerprint density at radius 3 is 2.69 bits per heavy atom. The van der Waals surface area contributed by atoms with Crippen LogP contribution in [0.4, 0.5) is 0 Å². The second kappa shape index (κ2) is 3.99. The summed E-state index contributed by atoms with van der Waals surface area (Å²) in [7, 11) is 0. The van der Waals surface area contributed by atoms with Gasteiger partial charge in [0.1, 0.15) is 6.29 Å². The van der Waals surface area contributed by atoms with Crippen molar-refractivity contribution in [2.75, 3.05) is 0 Å². The van der Waals surface area contributed by atoms with E-state index in [9.17, 15) is 9.59 Å². The SMILES string of the molecule is CCC(=O)c1cccc(C=O)c1C.